The molecule has 0 spiro atoms. The smallest absolute Gasteiger partial charge is 0.168 e. The minimum Gasteiger partial charge on any atom is -0.456 e. The molecule has 6 aromatic heterocycles. The van der Waals surface area contributed by atoms with Gasteiger partial charge in [-0.15, -0.1) is 0 Å². The molecule has 6 heterocycles. The van der Waals surface area contributed by atoms with Gasteiger partial charge in [0, 0.05) is 93.3 Å². The molecule has 0 unspecified atom stereocenters. The Morgan fingerprint density at radius 2 is 0.488 bits per heavy atom. The van der Waals surface area contributed by atoms with Crippen molar-refractivity contribution in [2.45, 2.75) is 0 Å². The zero-order chi connectivity index (χ0) is 82.7. The molecule has 0 aliphatic rings. The second-order valence-corrected chi connectivity index (χ2v) is 30.9. The highest BCUT2D eigenvalue weighted by Gasteiger charge is 2.29. The van der Waals surface area contributed by atoms with Crippen molar-refractivity contribution >= 4 is 120 Å². The van der Waals surface area contributed by atoms with E-state index >= 15 is 0 Å². The number of furan rings is 3. The lowest BCUT2D eigenvalue weighted by molar-refractivity contribution is 0.669. The van der Waals surface area contributed by atoms with Crippen LogP contribution < -0.4 is 0 Å². The summed E-state index contributed by atoms with van der Waals surface area (Å²) in [5.74, 6) is 4.45. The van der Waals surface area contributed by atoms with Crippen LogP contribution in [0.5, 0.6) is 0 Å². The van der Waals surface area contributed by atoms with E-state index < -0.39 is 0 Å². The molecular formula is C114H70N8O3. The minimum atomic E-state index is 0.581. The fraction of sp³-hybridized carbons (Fsp3) is 0. The number of hydrogen-bond acceptors (Lipinski definition) is 11. The molecule has 11 nitrogen and oxygen atoms in total. The zero-order valence-electron chi connectivity index (χ0n) is 67.2. The molecule has 11 heteroatoms. The predicted octanol–water partition coefficient (Wildman–Crippen LogP) is 30.0. The predicted molar refractivity (Wildman–Crippen MR) is 511 cm³/mol. The molecule has 0 aliphatic heterocycles. The second-order valence-electron chi connectivity index (χ2n) is 30.9. The molecular weight excluding hydrogens is 1530 g/mol. The van der Waals surface area contributed by atoms with Crippen LogP contribution in [0.4, 0.5) is 0 Å². The lowest BCUT2D eigenvalue weighted by Gasteiger charge is -2.15. The van der Waals surface area contributed by atoms with E-state index in [0.717, 1.165) is 192 Å². The second kappa shape index (κ2) is 31.3. The summed E-state index contributed by atoms with van der Waals surface area (Å²) in [7, 11) is 0. The Morgan fingerprint density at radius 3 is 1.00 bits per heavy atom. The number of nitrogens with zero attached hydrogens (tertiary/aromatic N) is 8. The molecule has 0 saturated carbocycles. The Labute approximate surface area is 717 Å². The van der Waals surface area contributed by atoms with E-state index in [1.807, 2.05) is 188 Å². The fourth-order valence-corrected chi connectivity index (χ4v) is 17.9. The number of para-hydroxylation sites is 4. The number of benzene rings is 19. The highest BCUT2D eigenvalue weighted by Crippen LogP contribution is 2.51. The molecule has 0 N–H and O–H groups in total. The van der Waals surface area contributed by atoms with Crippen LogP contribution in [0.2, 0.25) is 0 Å². The molecule has 0 radical (unpaired) electrons. The molecule has 125 heavy (non-hydrogen) atoms. The normalized spacial score (nSPS) is 11.5. The number of hydrogen-bond donors (Lipinski definition) is 0. The molecule has 0 saturated heterocycles. The van der Waals surface area contributed by atoms with Gasteiger partial charge in [-0.1, -0.05) is 394 Å². The van der Waals surface area contributed by atoms with Crippen molar-refractivity contribution < 1.29 is 13.3 Å². The van der Waals surface area contributed by atoms with Crippen molar-refractivity contribution in [3.63, 3.8) is 0 Å². The van der Waals surface area contributed by atoms with Gasteiger partial charge < -0.3 is 13.3 Å². The van der Waals surface area contributed by atoms with Crippen molar-refractivity contribution in [2.75, 3.05) is 0 Å². The van der Waals surface area contributed by atoms with E-state index in [2.05, 4.69) is 237 Å². The standard InChI is InChI=1S/C41H25N3O.C37H23N3O.C36H22N2O/c1-3-13-26(14-4-1)39-42-40(27-15-5-2-6-16-27)44-41(43-39)33-23-12-20-30-31(33)21-11-22-32(30)37-29-18-8-7-17-28(29)25-36-38(37)34-19-9-10-24-35(34)45-36;1-4-14-24(15-5-1)31-27-20-10-11-21-28(27)33(34-32(31)29-22-12-13-23-30(29)41-34)37-39-35(25-16-6-2-7-17-25)38-36(40-37)26-18-8-3-9-19-26;1-3-13-23(14-4-1)31-25-17-7-8-18-26(25)33(32-28-20-10-12-22-30(28)39-35(31)32)36-37-29-21-11-9-19-27(29)34(38-36)24-15-5-2-6-16-24/h1-25H;1-23H;1-22H. The van der Waals surface area contributed by atoms with E-state index in [-0.39, 0.29) is 0 Å². The number of rotatable bonds is 11. The van der Waals surface area contributed by atoms with Crippen molar-refractivity contribution in [1.29, 1.82) is 0 Å². The summed E-state index contributed by atoms with van der Waals surface area (Å²) in [6, 6.07) is 145. The maximum Gasteiger partial charge on any atom is 0.168 e. The molecule has 19 aromatic carbocycles. The molecule has 25 aromatic rings. The van der Waals surface area contributed by atoms with Gasteiger partial charge in [-0.3, -0.25) is 0 Å². The van der Waals surface area contributed by atoms with Gasteiger partial charge in [-0.05, 0) is 90.1 Å². The Balaban J connectivity index is 0.000000108. The van der Waals surface area contributed by atoms with E-state index in [1.165, 1.54) is 10.9 Å². The Bertz CT molecular complexity index is 8350. The maximum atomic E-state index is 6.70. The van der Waals surface area contributed by atoms with Gasteiger partial charge in [-0.2, -0.15) is 0 Å². The van der Waals surface area contributed by atoms with Crippen LogP contribution >= 0.6 is 0 Å². The van der Waals surface area contributed by atoms with Gasteiger partial charge in [0.25, 0.3) is 0 Å². The third-order valence-electron chi connectivity index (χ3n) is 23.5. The first-order chi connectivity index (χ1) is 62.0. The molecule has 584 valence electrons. The largest absolute Gasteiger partial charge is 0.456 e. The van der Waals surface area contributed by atoms with Gasteiger partial charge >= 0.3 is 0 Å². The molecule has 0 aliphatic carbocycles. The van der Waals surface area contributed by atoms with Crippen molar-refractivity contribution in [2.24, 2.45) is 0 Å². The topological polar surface area (TPSA) is 143 Å². The van der Waals surface area contributed by atoms with E-state index in [4.69, 9.17) is 53.1 Å². The minimum absolute atomic E-state index is 0.581. The van der Waals surface area contributed by atoms with Crippen molar-refractivity contribution in [1.82, 2.24) is 39.9 Å². The average Bonchev–Trinajstić information content (AvgIpc) is 1.62. The van der Waals surface area contributed by atoms with Crippen LogP contribution in [-0.2, 0) is 0 Å². The summed E-state index contributed by atoms with van der Waals surface area (Å²) >= 11 is 0. The summed E-state index contributed by atoms with van der Waals surface area (Å²) in [4.78, 5) is 40.5. The SMILES string of the molecule is c1ccc(-c2nc(-c3c4ccccc4c(-c4ccccc4)c4oc5ccccc5c34)nc3ccccc23)cc1.c1ccc(-c2nc(-c3ccccc3)nc(-c3c4ccccc4c(-c4ccccc4)c4c3oc3ccccc34)n2)cc1.c1ccc(-c2nc(-c3ccccc3)nc(-c3cccc4c(-c5c6ccccc6cc6oc7ccccc7c56)cccc34)n2)cc1. The molecule has 0 fully saturated rings. The van der Waals surface area contributed by atoms with Crippen molar-refractivity contribution in [3.8, 4) is 124 Å². The third-order valence-corrected chi connectivity index (χ3v) is 23.5. The highest BCUT2D eigenvalue weighted by molar-refractivity contribution is 6.29. The van der Waals surface area contributed by atoms with E-state index in [0.29, 0.717) is 40.8 Å². The van der Waals surface area contributed by atoms with Gasteiger partial charge in [0.15, 0.2) is 40.8 Å². The summed E-state index contributed by atoms with van der Waals surface area (Å²) < 4.78 is 19.8. The third kappa shape index (κ3) is 13.1. The van der Waals surface area contributed by atoms with Crippen LogP contribution in [0.15, 0.2) is 438 Å². The van der Waals surface area contributed by atoms with Crippen LogP contribution in [0.3, 0.4) is 0 Å². The summed E-state index contributed by atoms with van der Waals surface area (Å²) in [5, 5.41) is 16.4. The zero-order valence-corrected chi connectivity index (χ0v) is 67.2. The van der Waals surface area contributed by atoms with E-state index in [9.17, 15) is 0 Å². The quantitative estimate of drug-likeness (QED) is 0.122. The highest BCUT2D eigenvalue weighted by atomic mass is 16.3. The number of aromatic nitrogens is 8. The molecule has 0 atom stereocenters. The summed E-state index contributed by atoms with van der Waals surface area (Å²) in [5.41, 5.74) is 21.4. The Morgan fingerprint density at radius 1 is 0.160 bits per heavy atom. The van der Waals surface area contributed by atoms with Crippen LogP contribution in [0.25, 0.3) is 244 Å². The van der Waals surface area contributed by atoms with Gasteiger partial charge in [0.1, 0.15) is 33.5 Å². The fourth-order valence-electron chi connectivity index (χ4n) is 17.9. The van der Waals surface area contributed by atoms with Gasteiger partial charge in [-0.25, -0.2) is 39.9 Å². The molecule has 0 bridgehead atoms. The first-order valence-electron chi connectivity index (χ1n) is 41.8. The number of fused-ring (bicyclic) bond motifs is 14. The average molecular weight is 1600 g/mol. The molecule has 0 amide bonds. The van der Waals surface area contributed by atoms with E-state index in [1.54, 1.807) is 0 Å². The summed E-state index contributed by atoms with van der Waals surface area (Å²) in [6.45, 7) is 0. The lowest BCUT2D eigenvalue weighted by atomic mass is 9.89. The van der Waals surface area contributed by atoms with Crippen LogP contribution in [0, 0.1) is 0 Å². The molecule has 25 rings (SSSR count). The van der Waals surface area contributed by atoms with Crippen molar-refractivity contribution in [3.05, 3.63) is 425 Å². The Hall–Kier alpha value is -17.0. The van der Waals surface area contributed by atoms with Crippen LogP contribution in [0.1, 0.15) is 0 Å². The Kier molecular flexibility index (Phi) is 18.3. The van der Waals surface area contributed by atoms with Crippen LogP contribution in [-0.4, -0.2) is 39.9 Å². The van der Waals surface area contributed by atoms with Gasteiger partial charge in [0.2, 0.25) is 0 Å². The lowest BCUT2D eigenvalue weighted by Crippen LogP contribution is -2.01. The monoisotopic (exact) mass is 1600 g/mol. The first kappa shape index (κ1) is 73.1. The summed E-state index contributed by atoms with van der Waals surface area (Å²) in [6.07, 6.45) is 0. The maximum absolute atomic E-state index is 6.70. The first-order valence-corrected chi connectivity index (χ1v) is 41.8. The van der Waals surface area contributed by atoms with Gasteiger partial charge in [0.05, 0.1) is 16.8 Å².